The number of carbonyl (C=O) groups is 1. The summed E-state index contributed by atoms with van der Waals surface area (Å²) < 4.78 is 42.7. The third kappa shape index (κ3) is 4.25. The molecule has 0 aliphatic heterocycles. The van der Waals surface area contributed by atoms with E-state index in [0.29, 0.717) is 0 Å². The Hall–Kier alpha value is -2.65. The van der Waals surface area contributed by atoms with E-state index >= 15 is 0 Å². The highest BCUT2D eigenvalue weighted by Crippen LogP contribution is 2.29. The molecule has 0 bridgehead atoms. The van der Waals surface area contributed by atoms with Crippen LogP contribution in [-0.4, -0.2) is 38.1 Å². The van der Waals surface area contributed by atoms with Gasteiger partial charge in [0.15, 0.2) is 0 Å². The third-order valence-electron chi connectivity index (χ3n) is 3.61. The fourth-order valence-corrected chi connectivity index (χ4v) is 1.86. The molecular formula is C15H17F3N4O3. The third-order valence-corrected chi connectivity index (χ3v) is 3.61. The summed E-state index contributed by atoms with van der Waals surface area (Å²) in [7, 11) is 1.62. The van der Waals surface area contributed by atoms with Crippen LogP contribution < -0.4 is 5.56 Å². The van der Waals surface area contributed by atoms with E-state index in [4.69, 9.17) is 0 Å². The van der Waals surface area contributed by atoms with Gasteiger partial charge in [-0.15, -0.1) is 0 Å². The zero-order valence-electron chi connectivity index (χ0n) is 14.1. The standard InChI is InChI=1S/C15H17F3N4O3/c1-14(2,3)21(4)11(24)8-22-6-5-9(7-10(22)23)12-19-13(25-20-12)15(16,17)18/h5-7H,8H2,1-4H3. The van der Waals surface area contributed by atoms with Crippen LogP contribution in [0.4, 0.5) is 13.2 Å². The molecule has 0 aliphatic carbocycles. The van der Waals surface area contributed by atoms with E-state index in [-0.39, 0.29) is 23.8 Å². The first-order valence-electron chi connectivity index (χ1n) is 7.28. The van der Waals surface area contributed by atoms with Crippen LogP contribution in [0.5, 0.6) is 0 Å². The molecule has 0 fully saturated rings. The summed E-state index contributed by atoms with van der Waals surface area (Å²) in [5.74, 6) is -2.12. The summed E-state index contributed by atoms with van der Waals surface area (Å²) in [6.45, 7) is 5.37. The van der Waals surface area contributed by atoms with Crippen LogP contribution in [0.3, 0.4) is 0 Å². The fourth-order valence-electron chi connectivity index (χ4n) is 1.86. The minimum absolute atomic E-state index is 0.0668. The Balaban J connectivity index is 2.23. The first-order valence-corrected chi connectivity index (χ1v) is 7.28. The molecule has 0 aromatic carbocycles. The molecule has 2 rings (SSSR count). The van der Waals surface area contributed by atoms with Crippen molar-refractivity contribution in [3.05, 3.63) is 34.6 Å². The highest BCUT2D eigenvalue weighted by molar-refractivity contribution is 5.76. The zero-order chi connectivity index (χ0) is 19.0. The Kier molecular flexibility index (Phi) is 4.74. The minimum atomic E-state index is -4.76. The number of rotatable bonds is 3. The zero-order valence-corrected chi connectivity index (χ0v) is 14.1. The molecule has 0 saturated heterocycles. The lowest BCUT2D eigenvalue weighted by Gasteiger charge is -2.32. The Morgan fingerprint density at radius 3 is 2.44 bits per heavy atom. The maximum atomic E-state index is 12.5. The number of hydrogen-bond acceptors (Lipinski definition) is 5. The predicted molar refractivity (Wildman–Crippen MR) is 81.5 cm³/mol. The van der Waals surface area contributed by atoms with Gasteiger partial charge >= 0.3 is 12.1 Å². The summed E-state index contributed by atoms with van der Waals surface area (Å²) in [4.78, 5) is 29.0. The second-order valence-electron chi connectivity index (χ2n) is 6.43. The number of halogens is 3. The molecule has 0 atom stereocenters. The lowest BCUT2D eigenvalue weighted by molar-refractivity contribution is -0.159. The van der Waals surface area contributed by atoms with Gasteiger partial charge in [0.2, 0.25) is 11.7 Å². The molecule has 2 aromatic heterocycles. The van der Waals surface area contributed by atoms with Gasteiger partial charge in [-0.1, -0.05) is 5.16 Å². The van der Waals surface area contributed by atoms with Crippen molar-refractivity contribution >= 4 is 5.91 Å². The molecule has 10 heteroatoms. The predicted octanol–water partition coefficient (Wildman–Crippen LogP) is 2.17. The van der Waals surface area contributed by atoms with E-state index in [2.05, 4.69) is 14.7 Å². The van der Waals surface area contributed by atoms with Gasteiger partial charge in [0.05, 0.1) is 0 Å². The summed E-state index contributed by atoms with van der Waals surface area (Å²) in [6.07, 6.45) is -3.46. The Morgan fingerprint density at radius 1 is 1.32 bits per heavy atom. The van der Waals surface area contributed by atoms with Gasteiger partial charge in [-0.2, -0.15) is 18.2 Å². The average Bonchev–Trinajstić information content (AvgIpc) is 2.97. The second kappa shape index (κ2) is 6.34. The molecule has 0 N–H and O–H groups in total. The first-order chi connectivity index (χ1) is 11.4. The van der Waals surface area contributed by atoms with E-state index in [1.165, 1.54) is 17.2 Å². The lowest BCUT2D eigenvalue weighted by Crippen LogP contribution is -2.45. The van der Waals surface area contributed by atoms with Crippen molar-refractivity contribution in [2.75, 3.05) is 7.05 Å². The van der Waals surface area contributed by atoms with Crippen LogP contribution in [-0.2, 0) is 17.5 Å². The molecule has 7 nitrogen and oxygen atoms in total. The fraction of sp³-hybridized carbons (Fsp3) is 0.467. The van der Waals surface area contributed by atoms with E-state index in [1.807, 2.05) is 20.8 Å². The van der Waals surface area contributed by atoms with Crippen LogP contribution in [0.2, 0.25) is 0 Å². The quantitative estimate of drug-likeness (QED) is 0.840. The Morgan fingerprint density at radius 2 is 1.96 bits per heavy atom. The van der Waals surface area contributed by atoms with Crippen molar-refractivity contribution in [1.82, 2.24) is 19.6 Å². The van der Waals surface area contributed by atoms with Crippen molar-refractivity contribution < 1.29 is 22.5 Å². The number of pyridine rings is 1. The van der Waals surface area contributed by atoms with Gasteiger partial charge in [-0.25, -0.2) is 0 Å². The number of alkyl halides is 3. The summed E-state index contributed by atoms with van der Waals surface area (Å²) >= 11 is 0. The molecule has 2 aromatic rings. The number of likely N-dealkylation sites (N-methyl/N-ethyl adjacent to an activating group) is 1. The average molecular weight is 358 g/mol. The van der Waals surface area contributed by atoms with Crippen LogP contribution in [0.25, 0.3) is 11.4 Å². The van der Waals surface area contributed by atoms with Gasteiger partial charge in [0.25, 0.3) is 5.56 Å². The van der Waals surface area contributed by atoms with Crippen LogP contribution in [0.1, 0.15) is 26.7 Å². The van der Waals surface area contributed by atoms with Gasteiger partial charge in [0.1, 0.15) is 6.54 Å². The SMILES string of the molecule is CN(C(=O)Cn1ccc(-c2noc(C(F)(F)F)n2)cc1=O)C(C)(C)C. The van der Waals surface area contributed by atoms with Crippen molar-refractivity contribution in [3.8, 4) is 11.4 Å². The molecule has 0 radical (unpaired) electrons. The molecule has 1 amide bonds. The number of carbonyl (C=O) groups excluding carboxylic acids is 1. The number of amides is 1. The van der Waals surface area contributed by atoms with Gasteiger partial charge in [-0.3, -0.25) is 9.59 Å². The van der Waals surface area contributed by atoms with E-state index in [9.17, 15) is 22.8 Å². The molecule has 0 spiro atoms. The molecule has 0 unspecified atom stereocenters. The number of aromatic nitrogens is 3. The van der Waals surface area contributed by atoms with Crippen molar-refractivity contribution in [3.63, 3.8) is 0 Å². The van der Waals surface area contributed by atoms with Gasteiger partial charge in [0, 0.05) is 30.4 Å². The molecule has 25 heavy (non-hydrogen) atoms. The van der Waals surface area contributed by atoms with Crippen molar-refractivity contribution in [2.45, 2.75) is 39.0 Å². The molecular weight excluding hydrogens is 341 g/mol. The smallest absolute Gasteiger partial charge is 0.339 e. The first kappa shape index (κ1) is 18.7. The van der Waals surface area contributed by atoms with Crippen LogP contribution in [0, 0.1) is 0 Å². The Labute approximate surface area is 141 Å². The molecule has 0 aliphatic rings. The second-order valence-corrected chi connectivity index (χ2v) is 6.43. The van der Waals surface area contributed by atoms with E-state index in [1.54, 1.807) is 7.05 Å². The summed E-state index contributed by atoms with van der Waals surface area (Å²) in [6, 6.07) is 2.39. The topological polar surface area (TPSA) is 81.2 Å². The molecule has 0 saturated carbocycles. The minimum Gasteiger partial charge on any atom is -0.339 e. The van der Waals surface area contributed by atoms with Crippen LogP contribution >= 0.6 is 0 Å². The van der Waals surface area contributed by atoms with Crippen molar-refractivity contribution in [1.29, 1.82) is 0 Å². The summed E-state index contributed by atoms with van der Waals surface area (Å²) in [5, 5.41) is 3.22. The van der Waals surface area contributed by atoms with Gasteiger partial charge in [-0.05, 0) is 26.8 Å². The lowest BCUT2D eigenvalue weighted by atomic mass is 10.1. The number of nitrogens with zero attached hydrogens (tertiary/aromatic N) is 4. The Bertz CT molecular complexity index is 834. The molecule has 2 heterocycles. The van der Waals surface area contributed by atoms with Gasteiger partial charge < -0.3 is 14.0 Å². The van der Waals surface area contributed by atoms with Crippen LogP contribution in [0.15, 0.2) is 27.6 Å². The van der Waals surface area contributed by atoms with E-state index in [0.717, 1.165) is 10.6 Å². The normalized spacial score (nSPS) is 12.3. The monoisotopic (exact) mass is 358 g/mol. The largest absolute Gasteiger partial charge is 0.471 e. The highest BCUT2D eigenvalue weighted by atomic mass is 19.4. The van der Waals surface area contributed by atoms with E-state index < -0.39 is 23.2 Å². The highest BCUT2D eigenvalue weighted by Gasteiger charge is 2.38. The maximum absolute atomic E-state index is 12.5. The number of hydrogen-bond donors (Lipinski definition) is 0. The molecule has 136 valence electrons. The van der Waals surface area contributed by atoms with Crippen molar-refractivity contribution in [2.24, 2.45) is 0 Å². The maximum Gasteiger partial charge on any atom is 0.471 e. The summed E-state index contributed by atoms with van der Waals surface area (Å²) in [5.41, 5.74) is -0.900.